The van der Waals surface area contributed by atoms with E-state index in [2.05, 4.69) is 16.2 Å². The molecule has 0 saturated carbocycles. The Morgan fingerprint density at radius 3 is 2.78 bits per heavy atom. The van der Waals surface area contributed by atoms with Crippen molar-refractivity contribution in [1.29, 1.82) is 5.26 Å². The highest BCUT2D eigenvalue weighted by molar-refractivity contribution is 5.55. The number of halogens is 2. The number of aromatic nitrogens is 3. The topological polar surface area (TPSA) is 63.7 Å². The van der Waals surface area contributed by atoms with Crippen LogP contribution in [0.25, 0.3) is 11.9 Å². The lowest BCUT2D eigenvalue weighted by Crippen LogP contribution is -2.20. The molecule has 0 saturated heterocycles. The Kier molecular flexibility index (Phi) is 5.95. The molecule has 2 aromatic heterocycles. The first kappa shape index (κ1) is 21.2. The van der Waals surface area contributed by atoms with Crippen molar-refractivity contribution in [2.75, 3.05) is 6.61 Å². The molecule has 2 heterocycles. The molecule has 4 rings (SSSR count). The van der Waals surface area contributed by atoms with Gasteiger partial charge in [0.25, 0.3) is 0 Å². The highest BCUT2D eigenvalue weighted by Crippen LogP contribution is 2.31. The molecule has 3 aromatic rings. The van der Waals surface area contributed by atoms with E-state index in [1.807, 2.05) is 12.2 Å². The Morgan fingerprint density at radius 2 is 2.00 bits per heavy atom. The summed E-state index contributed by atoms with van der Waals surface area (Å²) in [7, 11) is 0. The van der Waals surface area contributed by atoms with Gasteiger partial charge in [0.1, 0.15) is 18.1 Å². The summed E-state index contributed by atoms with van der Waals surface area (Å²) in [5, 5.41) is 13.3. The zero-order valence-electron chi connectivity index (χ0n) is 17.4. The van der Waals surface area contributed by atoms with E-state index in [0.717, 1.165) is 16.7 Å². The first-order valence-corrected chi connectivity index (χ1v) is 10.0. The third-order valence-electron chi connectivity index (χ3n) is 5.00. The smallest absolute Gasteiger partial charge is 0.218 e. The largest absolute Gasteiger partial charge is 0.473 e. The molecule has 1 aliphatic rings. The summed E-state index contributed by atoms with van der Waals surface area (Å²) in [5.74, 6) is 0.604. The molecule has 0 spiro atoms. The van der Waals surface area contributed by atoms with Crippen molar-refractivity contribution in [2.24, 2.45) is 0 Å². The van der Waals surface area contributed by atoms with E-state index in [4.69, 9.17) is 10.00 Å². The fourth-order valence-electron chi connectivity index (χ4n) is 3.33. The Bertz CT molecular complexity index is 1250. The van der Waals surface area contributed by atoms with Crippen LogP contribution in [0.5, 0.6) is 5.88 Å². The van der Waals surface area contributed by atoms with E-state index in [1.165, 1.54) is 36.0 Å². The summed E-state index contributed by atoms with van der Waals surface area (Å²) < 4.78 is 35.3. The summed E-state index contributed by atoms with van der Waals surface area (Å²) in [5.41, 5.74) is 1.43. The molecule has 1 atom stereocenters. The van der Waals surface area contributed by atoms with Gasteiger partial charge in [-0.15, -0.1) is 0 Å². The number of pyridine rings is 1. The number of ether oxygens (including phenoxy) is 1. The summed E-state index contributed by atoms with van der Waals surface area (Å²) in [4.78, 5) is 4.24. The molecule has 1 aliphatic carbocycles. The number of allylic oxidation sites excluding steroid dienone is 3. The number of nitrogens with zero attached hydrogens (tertiary/aromatic N) is 4. The molecule has 0 radical (unpaired) electrons. The van der Waals surface area contributed by atoms with Gasteiger partial charge in [-0.2, -0.15) is 15.0 Å². The quantitative estimate of drug-likeness (QED) is 0.529. The Balaban J connectivity index is 1.57. The Morgan fingerprint density at radius 1 is 1.19 bits per heavy atom. The maximum Gasteiger partial charge on any atom is 0.218 e. The Hall–Kier alpha value is -4.05. The predicted octanol–water partition coefficient (Wildman–Crippen LogP) is 5.35. The molecule has 1 unspecified atom stereocenters. The van der Waals surface area contributed by atoms with E-state index in [9.17, 15) is 8.78 Å². The summed E-state index contributed by atoms with van der Waals surface area (Å²) in [6, 6.07) is 13.1. The highest BCUT2D eigenvalue weighted by Gasteiger charge is 2.26. The van der Waals surface area contributed by atoms with Gasteiger partial charge < -0.3 is 4.74 Å². The standard InChI is InChI=1S/C25H20F2N4O/c1-25(27)11-8-21(20(15-25)5-2-18-3-6-22(26)7-4-18)17-32-24-10-13-30-31(24)23-14-19(16-28)9-12-29-23/h2-14H,15,17H2,1H3/b5-2+. The fourth-order valence-corrected chi connectivity index (χ4v) is 3.33. The van der Waals surface area contributed by atoms with Gasteiger partial charge in [-0.1, -0.05) is 30.4 Å². The lowest BCUT2D eigenvalue weighted by atomic mass is 9.88. The fraction of sp³-hybridized carbons (Fsp3) is 0.160. The van der Waals surface area contributed by atoms with Crippen LogP contribution in [0.4, 0.5) is 8.78 Å². The van der Waals surface area contributed by atoms with Crippen molar-refractivity contribution in [3.8, 4) is 17.8 Å². The second-order valence-electron chi connectivity index (χ2n) is 7.61. The number of alkyl halides is 1. The molecule has 7 heteroatoms. The van der Waals surface area contributed by atoms with Gasteiger partial charge in [-0.3, -0.25) is 0 Å². The minimum Gasteiger partial charge on any atom is -0.473 e. The monoisotopic (exact) mass is 430 g/mol. The van der Waals surface area contributed by atoms with E-state index in [-0.39, 0.29) is 18.8 Å². The molecule has 0 N–H and O–H groups in total. The summed E-state index contributed by atoms with van der Waals surface area (Å²) >= 11 is 0. The summed E-state index contributed by atoms with van der Waals surface area (Å²) in [6.07, 6.45) is 10.2. The van der Waals surface area contributed by atoms with Crippen LogP contribution in [0.15, 0.2) is 84.2 Å². The van der Waals surface area contributed by atoms with Crippen molar-refractivity contribution in [2.45, 2.75) is 19.0 Å². The zero-order valence-corrected chi connectivity index (χ0v) is 17.4. The van der Waals surface area contributed by atoms with E-state index in [0.29, 0.717) is 17.3 Å². The molecule has 0 aliphatic heterocycles. The van der Waals surface area contributed by atoms with Crippen LogP contribution in [0, 0.1) is 17.1 Å². The third kappa shape index (κ3) is 4.98. The van der Waals surface area contributed by atoms with Gasteiger partial charge in [-0.25, -0.2) is 13.8 Å². The first-order valence-electron chi connectivity index (χ1n) is 10.0. The molecule has 160 valence electrons. The van der Waals surface area contributed by atoms with Crippen LogP contribution in [-0.2, 0) is 0 Å². The van der Waals surface area contributed by atoms with E-state index < -0.39 is 5.67 Å². The third-order valence-corrected chi connectivity index (χ3v) is 5.00. The molecular formula is C25H20F2N4O. The van der Waals surface area contributed by atoms with E-state index in [1.54, 1.807) is 42.6 Å². The lowest BCUT2D eigenvalue weighted by molar-refractivity contribution is 0.252. The van der Waals surface area contributed by atoms with Crippen molar-refractivity contribution in [3.05, 3.63) is 101 Å². The van der Waals surface area contributed by atoms with Gasteiger partial charge in [0.2, 0.25) is 5.88 Å². The number of hydrogen-bond donors (Lipinski definition) is 0. The van der Waals surface area contributed by atoms with Gasteiger partial charge in [0, 0.05) is 24.8 Å². The zero-order chi connectivity index (χ0) is 22.6. The average Bonchev–Trinajstić information content (AvgIpc) is 3.26. The molecule has 0 bridgehead atoms. The number of nitriles is 1. The molecule has 1 aromatic carbocycles. The van der Waals surface area contributed by atoms with Crippen molar-refractivity contribution in [1.82, 2.24) is 14.8 Å². The molecular weight excluding hydrogens is 410 g/mol. The average molecular weight is 430 g/mol. The molecule has 5 nitrogen and oxygen atoms in total. The highest BCUT2D eigenvalue weighted by atomic mass is 19.1. The van der Waals surface area contributed by atoms with Crippen LogP contribution in [0.1, 0.15) is 24.5 Å². The van der Waals surface area contributed by atoms with E-state index >= 15 is 0 Å². The summed E-state index contributed by atoms with van der Waals surface area (Å²) in [6.45, 7) is 1.72. The second-order valence-corrected chi connectivity index (χ2v) is 7.61. The molecule has 0 fully saturated rings. The van der Waals surface area contributed by atoms with Crippen molar-refractivity contribution in [3.63, 3.8) is 0 Å². The maximum atomic E-state index is 14.6. The van der Waals surface area contributed by atoms with Crippen molar-refractivity contribution >= 4 is 6.08 Å². The van der Waals surface area contributed by atoms with Crippen molar-refractivity contribution < 1.29 is 13.5 Å². The van der Waals surface area contributed by atoms with Crippen LogP contribution < -0.4 is 4.74 Å². The molecule has 32 heavy (non-hydrogen) atoms. The minimum atomic E-state index is -1.46. The van der Waals surface area contributed by atoms with Gasteiger partial charge >= 0.3 is 0 Å². The van der Waals surface area contributed by atoms with Gasteiger partial charge in [0.05, 0.1) is 17.8 Å². The lowest BCUT2D eigenvalue weighted by Gasteiger charge is -2.23. The van der Waals surface area contributed by atoms with Gasteiger partial charge in [0.15, 0.2) is 5.82 Å². The minimum absolute atomic E-state index is 0.194. The Labute approximate surface area is 184 Å². The van der Waals surface area contributed by atoms with Crippen LogP contribution in [0.2, 0.25) is 0 Å². The number of hydrogen-bond acceptors (Lipinski definition) is 4. The number of benzene rings is 1. The first-order chi connectivity index (χ1) is 15.4. The number of rotatable bonds is 6. The van der Waals surface area contributed by atoms with Gasteiger partial charge in [-0.05, 0) is 47.9 Å². The second kappa shape index (κ2) is 8.98. The van der Waals surface area contributed by atoms with Crippen LogP contribution in [0.3, 0.4) is 0 Å². The SMILES string of the molecule is CC1(F)C=CC(COc2ccnn2-c2cc(C#N)ccn2)=C(/C=C/c2ccc(F)cc2)C1. The maximum absolute atomic E-state index is 14.6. The predicted molar refractivity (Wildman–Crippen MR) is 117 cm³/mol. The van der Waals surface area contributed by atoms with Crippen LogP contribution >= 0.6 is 0 Å². The van der Waals surface area contributed by atoms with Crippen LogP contribution in [-0.4, -0.2) is 27.0 Å². The molecule has 0 amide bonds. The normalized spacial score (nSPS) is 18.2.